The maximum Gasteiger partial charge on any atom is 0.490 e. The number of alkyl halides is 3. The first kappa shape index (κ1) is 22.7. The Kier molecular flexibility index (Phi) is 7.18. The topological polar surface area (TPSA) is 84.8 Å². The number of carboxylic acid groups (broad SMARTS) is 1. The summed E-state index contributed by atoms with van der Waals surface area (Å²) in [6.07, 6.45) is 1.45. The van der Waals surface area contributed by atoms with Crippen molar-refractivity contribution < 1.29 is 32.5 Å². The first-order chi connectivity index (χ1) is 14.2. The minimum Gasteiger partial charge on any atom is -0.475 e. The third-order valence-corrected chi connectivity index (χ3v) is 5.81. The van der Waals surface area contributed by atoms with E-state index >= 15 is 0 Å². The van der Waals surface area contributed by atoms with E-state index in [1.54, 1.807) is 0 Å². The average molecular weight is 431 g/mol. The molecule has 2 saturated heterocycles. The smallest absolute Gasteiger partial charge is 0.475 e. The largest absolute Gasteiger partial charge is 0.490 e. The van der Waals surface area contributed by atoms with Gasteiger partial charge in [-0.1, -0.05) is 0 Å². The fourth-order valence-corrected chi connectivity index (χ4v) is 3.77. The third-order valence-electron chi connectivity index (χ3n) is 5.81. The minimum absolute atomic E-state index is 0.305. The van der Waals surface area contributed by atoms with Gasteiger partial charge < -0.3 is 19.5 Å². The predicted molar refractivity (Wildman–Crippen MR) is 102 cm³/mol. The molecular weight excluding hydrogens is 403 g/mol. The van der Waals surface area contributed by atoms with Crippen molar-refractivity contribution in [2.75, 3.05) is 37.8 Å². The Morgan fingerprint density at radius 2 is 1.93 bits per heavy atom. The Morgan fingerprint density at radius 1 is 1.27 bits per heavy atom. The molecule has 0 amide bonds. The molecule has 1 aromatic rings. The standard InChI is InChI=1S/C18H27N3O2.C2HF3O2/c1-14-2-5-17(20-19-14)21-8-6-18(7-9-21)10-16(23-13-18)12-22-11-15-3-4-15;3-2(4,5)1(6)7/h2,5,15-16H,3-4,6-13H2,1H3;(H,6,7). The Balaban J connectivity index is 0.000000318. The van der Waals surface area contributed by atoms with Gasteiger partial charge in [0, 0.05) is 19.7 Å². The molecule has 0 radical (unpaired) electrons. The second kappa shape index (κ2) is 9.47. The molecule has 10 heteroatoms. The van der Waals surface area contributed by atoms with Gasteiger partial charge in [0.25, 0.3) is 0 Å². The number of aliphatic carboxylic acids is 1. The van der Waals surface area contributed by atoms with Crippen molar-refractivity contribution in [2.24, 2.45) is 11.3 Å². The fraction of sp³-hybridized carbons (Fsp3) is 0.750. The van der Waals surface area contributed by atoms with Crippen LogP contribution in [0.5, 0.6) is 0 Å². The summed E-state index contributed by atoms with van der Waals surface area (Å²) in [6.45, 7) is 6.70. The second-order valence-electron chi connectivity index (χ2n) is 8.44. The van der Waals surface area contributed by atoms with Gasteiger partial charge in [-0.15, -0.1) is 5.10 Å². The average Bonchev–Trinajstić information content (AvgIpc) is 3.44. The summed E-state index contributed by atoms with van der Waals surface area (Å²) in [6, 6.07) is 4.12. The summed E-state index contributed by atoms with van der Waals surface area (Å²) in [5.41, 5.74) is 1.34. The van der Waals surface area contributed by atoms with Gasteiger partial charge in [-0.25, -0.2) is 4.79 Å². The molecule has 2 aliphatic heterocycles. The van der Waals surface area contributed by atoms with Gasteiger partial charge >= 0.3 is 12.1 Å². The van der Waals surface area contributed by atoms with Gasteiger partial charge in [-0.05, 0) is 62.5 Å². The lowest BCUT2D eigenvalue weighted by Gasteiger charge is -2.38. The number of anilines is 1. The van der Waals surface area contributed by atoms with Crippen molar-refractivity contribution in [3.63, 3.8) is 0 Å². The molecule has 3 aliphatic rings. The van der Waals surface area contributed by atoms with Crippen LogP contribution < -0.4 is 4.90 Å². The number of aryl methyl sites for hydroxylation is 1. The number of hydrogen-bond donors (Lipinski definition) is 1. The summed E-state index contributed by atoms with van der Waals surface area (Å²) >= 11 is 0. The van der Waals surface area contributed by atoms with Crippen LogP contribution in [-0.4, -0.2) is 66.5 Å². The number of carboxylic acids is 1. The zero-order valence-corrected chi connectivity index (χ0v) is 17.0. The summed E-state index contributed by atoms with van der Waals surface area (Å²) in [7, 11) is 0. The highest BCUT2D eigenvalue weighted by Gasteiger charge is 2.42. The van der Waals surface area contributed by atoms with E-state index in [-0.39, 0.29) is 0 Å². The maximum atomic E-state index is 10.6. The molecule has 4 rings (SSSR count). The number of halogens is 3. The van der Waals surface area contributed by atoms with Crippen LogP contribution in [0.25, 0.3) is 0 Å². The summed E-state index contributed by atoms with van der Waals surface area (Å²) in [4.78, 5) is 11.3. The molecule has 0 bridgehead atoms. The number of piperidine rings is 1. The number of hydrogen-bond acceptors (Lipinski definition) is 6. The summed E-state index contributed by atoms with van der Waals surface area (Å²) in [5, 5.41) is 15.6. The van der Waals surface area contributed by atoms with Crippen LogP contribution >= 0.6 is 0 Å². The summed E-state index contributed by atoms with van der Waals surface area (Å²) in [5.74, 6) is -0.912. The van der Waals surface area contributed by atoms with Gasteiger partial charge in [-0.3, -0.25) is 0 Å². The number of carbonyl (C=O) groups is 1. The zero-order chi connectivity index (χ0) is 21.8. The van der Waals surface area contributed by atoms with Gasteiger partial charge in [0.2, 0.25) is 0 Å². The Hall–Kier alpha value is -1.94. The van der Waals surface area contributed by atoms with Crippen molar-refractivity contribution in [3.8, 4) is 0 Å². The van der Waals surface area contributed by atoms with E-state index in [9.17, 15) is 13.2 Å². The summed E-state index contributed by atoms with van der Waals surface area (Å²) < 4.78 is 43.6. The first-order valence-electron chi connectivity index (χ1n) is 10.2. The quantitative estimate of drug-likeness (QED) is 0.766. The molecule has 1 atom stereocenters. The SMILES string of the molecule is Cc1ccc(N2CCC3(CC2)COC(COCC2CC2)C3)nn1.O=C(O)C(F)(F)F. The molecule has 3 heterocycles. The van der Waals surface area contributed by atoms with E-state index in [0.717, 1.165) is 56.8 Å². The van der Waals surface area contributed by atoms with Crippen LogP contribution in [0.2, 0.25) is 0 Å². The molecule has 1 aromatic heterocycles. The van der Waals surface area contributed by atoms with Crippen LogP contribution in [0.4, 0.5) is 19.0 Å². The first-order valence-corrected chi connectivity index (χ1v) is 10.2. The van der Waals surface area contributed by atoms with E-state index < -0.39 is 12.1 Å². The van der Waals surface area contributed by atoms with E-state index in [0.29, 0.717) is 11.5 Å². The fourth-order valence-electron chi connectivity index (χ4n) is 3.77. The number of aromatic nitrogens is 2. The predicted octanol–water partition coefficient (Wildman–Crippen LogP) is 3.22. The van der Waals surface area contributed by atoms with Crippen LogP contribution in [0, 0.1) is 18.3 Å². The highest BCUT2D eigenvalue weighted by atomic mass is 19.4. The molecule has 1 spiro atoms. The van der Waals surface area contributed by atoms with Crippen molar-refractivity contribution in [1.82, 2.24) is 10.2 Å². The Morgan fingerprint density at radius 3 is 2.47 bits per heavy atom. The van der Waals surface area contributed by atoms with E-state index in [1.165, 1.54) is 25.7 Å². The molecule has 1 saturated carbocycles. The Labute approximate surface area is 173 Å². The van der Waals surface area contributed by atoms with Crippen LogP contribution in [-0.2, 0) is 14.3 Å². The Bertz CT molecular complexity index is 702. The highest BCUT2D eigenvalue weighted by molar-refractivity contribution is 5.73. The zero-order valence-electron chi connectivity index (χ0n) is 17.0. The molecule has 1 N–H and O–H groups in total. The molecule has 1 aliphatic carbocycles. The van der Waals surface area contributed by atoms with Gasteiger partial charge in [0.05, 0.1) is 25.0 Å². The molecule has 30 heavy (non-hydrogen) atoms. The molecule has 3 fully saturated rings. The number of ether oxygens (including phenoxy) is 2. The minimum atomic E-state index is -5.08. The lowest BCUT2D eigenvalue weighted by atomic mass is 9.76. The lowest BCUT2D eigenvalue weighted by Crippen LogP contribution is -2.41. The van der Waals surface area contributed by atoms with Crippen molar-refractivity contribution in [1.29, 1.82) is 0 Å². The third kappa shape index (κ3) is 6.53. The highest BCUT2D eigenvalue weighted by Crippen LogP contribution is 2.42. The van der Waals surface area contributed by atoms with E-state index in [4.69, 9.17) is 19.4 Å². The molecule has 168 valence electrons. The van der Waals surface area contributed by atoms with Gasteiger partial charge in [0.15, 0.2) is 5.82 Å². The molecule has 1 unspecified atom stereocenters. The van der Waals surface area contributed by atoms with Crippen LogP contribution in [0.3, 0.4) is 0 Å². The van der Waals surface area contributed by atoms with Crippen molar-refractivity contribution in [3.05, 3.63) is 17.8 Å². The van der Waals surface area contributed by atoms with E-state index in [1.807, 2.05) is 13.0 Å². The van der Waals surface area contributed by atoms with Gasteiger partial charge in [0.1, 0.15) is 0 Å². The number of rotatable bonds is 5. The maximum absolute atomic E-state index is 10.6. The molecule has 7 nitrogen and oxygen atoms in total. The van der Waals surface area contributed by atoms with Crippen molar-refractivity contribution in [2.45, 2.75) is 51.3 Å². The molecular formula is C20H28F3N3O4. The second-order valence-corrected chi connectivity index (χ2v) is 8.44. The number of nitrogens with zero attached hydrogens (tertiary/aromatic N) is 3. The van der Waals surface area contributed by atoms with E-state index in [2.05, 4.69) is 21.2 Å². The molecule has 0 aromatic carbocycles. The van der Waals surface area contributed by atoms with Crippen LogP contribution in [0.15, 0.2) is 12.1 Å². The van der Waals surface area contributed by atoms with Crippen LogP contribution in [0.1, 0.15) is 37.8 Å². The van der Waals surface area contributed by atoms with Crippen molar-refractivity contribution >= 4 is 11.8 Å². The lowest BCUT2D eigenvalue weighted by molar-refractivity contribution is -0.192. The monoisotopic (exact) mass is 431 g/mol. The normalized spacial score (nSPS) is 23.2. The van der Waals surface area contributed by atoms with Gasteiger partial charge in [-0.2, -0.15) is 18.3 Å².